The maximum Gasteiger partial charge on any atom is 0.439 e. The van der Waals surface area contributed by atoms with Crippen molar-refractivity contribution in [2.24, 2.45) is 0 Å². The van der Waals surface area contributed by atoms with Crippen molar-refractivity contribution in [3.05, 3.63) is 65.2 Å². The number of esters is 1. The van der Waals surface area contributed by atoms with Crippen LogP contribution in [0.4, 0.5) is 32.0 Å². The lowest BCUT2D eigenvalue weighted by Crippen LogP contribution is -2.72. The van der Waals surface area contributed by atoms with Crippen molar-refractivity contribution < 1.29 is 40.7 Å². The number of alkyl halides is 6. The third-order valence-corrected chi connectivity index (χ3v) is 4.19. The number of benzene rings is 2. The highest BCUT2D eigenvalue weighted by Gasteiger charge is 2.72. The van der Waals surface area contributed by atoms with Crippen molar-refractivity contribution in [2.45, 2.75) is 31.9 Å². The molecule has 0 fully saturated rings. The molecule has 2 rings (SSSR count). The van der Waals surface area contributed by atoms with Crippen LogP contribution in [0.25, 0.3) is 0 Å². The Morgan fingerprint density at radius 1 is 0.839 bits per heavy atom. The number of rotatable bonds is 6. The first-order chi connectivity index (χ1) is 14.3. The van der Waals surface area contributed by atoms with Crippen molar-refractivity contribution in [2.75, 3.05) is 11.9 Å². The van der Waals surface area contributed by atoms with Gasteiger partial charge in [0.05, 0.1) is 12.2 Å². The molecular formula is C20H18F6N2O3. The van der Waals surface area contributed by atoms with Crippen LogP contribution in [0.5, 0.6) is 0 Å². The highest BCUT2D eigenvalue weighted by atomic mass is 19.4. The number of amides is 1. The van der Waals surface area contributed by atoms with E-state index in [9.17, 15) is 35.9 Å². The second kappa shape index (κ2) is 8.86. The van der Waals surface area contributed by atoms with Gasteiger partial charge in [-0.3, -0.25) is 4.79 Å². The fraction of sp³-hybridized carbons (Fsp3) is 0.300. The van der Waals surface area contributed by atoms with E-state index in [1.165, 1.54) is 24.4 Å². The minimum Gasteiger partial charge on any atom is -0.462 e. The van der Waals surface area contributed by atoms with Gasteiger partial charge in [0.15, 0.2) is 0 Å². The molecule has 0 aliphatic rings. The Balaban J connectivity index is 2.44. The summed E-state index contributed by atoms with van der Waals surface area (Å²) < 4.78 is 87.1. The van der Waals surface area contributed by atoms with E-state index in [1.54, 1.807) is 6.92 Å². The quantitative estimate of drug-likeness (QED) is 0.377. The van der Waals surface area contributed by atoms with Crippen molar-refractivity contribution in [3.8, 4) is 0 Å². The summed E-state index contributed by atoms with van der Waals surface area (Å²) in [6.45, 7) is 3.21. The van der Waals surface area contributed by atoms with Gasteiger partial charge in [0.1, 0.15) is 0 Å². The standard InChI is InChI=1S/C20H18F6N2O3/c1-3-31-17(30)14-8-10-15(11-9-14)27-18(19(21,22)23,20(24,25)26)28-16(29)13-6-4-12(2)5-7-13/h4-11,27H,3H2,1-2H3,(H,28,29). The average molecular weight is 448 g/mol. The maximum absolute atomic E-state index is 13.7. The summed E-state index contributed by atoms with van der Waals surface area (Å²) in [7, 11) is 0. The Morgan fingerprint density at radius 2 is 1.32 bits per heavy atom. The maximum atomic E-state index is 13.7. The molecule has 0 spiro atoms. The molecule has 0 saturated heterocycles. The first kappa shape index (κ1) is 24.0. The van der Waals surface area contributed by atoms with Gasteiger partial charge in [0.2, 0.25) is 0 Å². The molecule has 0 heterocycles. The predicted molar refractivity (Wildman–Crippen MR) is 99.5 cm³/mol. The van der Waals surface area contributed by atoms with Gasteiger partial charge in [-0.2, -0.15) is 26.3 Å². The van der Waals surface area contributed by atoms with E-state index in [2.05, 4.69) is 0 Å². The van der Waals surface area contributed by atoms with Crippen molar-refractivity contribution in [1.82, 2.24) is 5.32 Å². The molecule has 0 aliphatic heterocycles. The first-order valence-electron chi connectivity index (χ1n) is 8.88. The Kier molecular flexibility index (Phi) is 6.87. The number of nitrogens with one attached hydrogen (secondary N) is 2. The van der Waals surface area contributed by atoms with Crippen LogP contribution in [0.15, 0.2) is 48.5 Å². The summed E-state index contributed by atoms with van der Waals surface area (Å²) in [6, 6.07) is 8.65. The van der Waals surface area contributed by atoms with Gasteiger partial charge in [-0.25, -0.2) is 4.79 Å². The molecule has 0 unspecified atom stereocenters. The molecule has 11 heteroatoms. The minimum atomic E-state index is -5.97. The molecule has 1 amide bonds. The fourth-order valence-electron chi connectivity index (χ4n) is 2.54. The molecule has 0 atom stereocenters. The van der Waals surface area contributed by atoms with E-state index in [0.717, 1.165) is 41.7 Å². The number of hydrogen-bond donors (Lipinski definition) is 2. The highest BCUT2D eigenvalue weighted by Crippen LogP contribution is 2.43. The number of hydrogen-bond acceptors (Lipinski definition) is 4. The smallest absolute Gasteiger partial charge is 0.439 e. The minimum absolute atomic E-state index is 0.0368. The Bertz CT molecular complexity index is 908. The Labute approximate surface area is 173 Å². The van der Waals surface area contributed by atoms with Gasteiger partial charge >= 0.3 is 24.0 Å². The predicted octanol–water partition coefficient (Wildman–Crippen LogP) is 4.83. The van der Waals surface area contributed by atoms with Crippen LogP contribution in [0.2, 0.25) is 0 Å². The molecule has 31 heavy (non-hydrogen) atoms. The molecule has 0 aliphatic carbocycles. The molecule has 168 valence electrons. The number of anilines is 1. The molecule has 0 bridgehead atoms. The van der Waals surface area contributed by atoms with E-state index < -0.39 is 35.6 Å². The van der Waals surface area contributed by atoms with Crippen LogP contribution in [-0.2, 0) is 4.74 Å². The van der Waals surface area contributed by atoms with E-state index in [0.29, 0.717) is 5.56 Å². The number of aryl methyl sites for hydroxylation is 1. The van der Waals surface area contributed by atoms with E-state index in [1.807, 2.05) is 0 Å². The molecule has 5 nitrogen and oxygen atoms in total. The molecule has 2 N–H and O–H groups in total. The molecule has 0 aromatic heterocycles. The van der Waals surface area contributed by atoms with Gasteiger partial charge in [-0.15, -0.1) is 0 Å². The van der Waals surface area contributed by atoms with E-state index in [-0.39, 0.29) is 17.7 Å². The van der Waals surface area contributed by atoms with Crippen LogP contribution < -0.4 is 10.6 Å². The zero-order chi connectivity index (χ0) is 23.4. The zero-order valence-corrected chi connectivity index (χ0v) is 16.3. The number of carbonyl (C=O) groups is 2. The van der Waals surface area contributed by atoms with E-state index in [4.69, 9.17) is 4.74 Å². The van der Waals surface area contributed by atoms with Crippen LogP contribution in [0.3, 0.4) is 0 Å². The Hall–Kier alpha value is -3.24. The summed E-state index contributed by atoms with van der Waals surface area (Å²) in [4.78, 5) is 23.9. The lowest BCUT2D eigenvalue weighted by Gasteiger charge is -2.39. The lowest BCUT2D eigenvalue weighted by molar-refractivity contribution is -0.294. The van der Waals surface area contributed by atoms with Gasteiger partial charge in [0, 0.05) is 11.3 Å². The van der Waals surface area contributed by atoms with Crippen molar-refractivity contribution in [1.29, 1.82) is 0 Å². The summed E-state index contributed by atoms with van der Waals surface area (Å²) in [5.74, 6) is -2.37. The topological polar surface area (TPSA) is 67.4 Å². The third kappa shape index (κ3) is 5.28. The SMILES string of the molecule is CCOC(=O)c1ccc(NC(NC(=O)c2ccc(C)cc2)(C(F)(F)F)C(F)(F)F)cc1. The van der Waals surface area contributed by atoms with Gasteiger partial charge in [-0.1, -0.05) is 17.7 Å². The van der Waals surface area contributed by atoms with Crippen molar-refractivity contribution in [3.63, 3.8) is 0 Å². The molecule has 0 saturated carbocycles. The monoisotopic (exact) mass is 448 g/mol. The third-order valence-electron chi connectivity index (χ3n) is 4.19. The lowest BCUT2D eigenvalue weighted by atomic mass is 10.1. The van der Waals surface area contributed by atoms with Gasteiger partial charge in [0.25, 0.3) is 5.91 Å². The van der Waals surface area contributed by atoms with Crippen LogP contribution in [0.1, 0.15) is 33.2 Å². The van der Waals surface area contributed by atoms with Gasteiger partial charge in [-0.05, 0) is 50.2 Å². The second-order valence-corrected chi connectivity index (χ2v) is 6.49. The van der Waals surface area contributed by atoms with Crippen LogP contribution in [0, 0.1) is 6.92 Å². The summed E-state index contributed by atoms with van der Waals surface area (Å²) >= 11 is 0. The van der Waals surface area contributed by atoms with Crippen LogP contribution >= 0.6 is 0 Å². The Morgan fingerprint density at radius 3 is 1.77 bits per heavy atom. The normalized spacial score (nSPS) is 12.3. The van der Waals surface area contributed by atoms with Crippen molar-refractivity contribution >= 4 is 17.6 Å². The molecular weight excluding hydrogens is 430 g/mol. The van der Waals surface area contributed by atoms with E-state index >= 15 is 0 Å². The largest absolute Gasteiger partial charge is 0.462 e. The van der Waals surface area contributed by atoms with Crippen LogP contribution in [-0.4, -0.2) is 36.5 Å². The first-order valence-corrected chi connectivity index (χ1v) is 8.88. The zero-order valence-electron chi connectivity index (χ0n) is 16.3. The molecule has 0 radical (unpaired) electrons. The fourth-order valence-corrected chi connectivity index (χ4v) is 2.54. The molecule has 2 aromatic rings. The highest BCUT2D eigenvalue weighted by molar-refractivity contribution is 5.95. The summed E-state index contributed by atoms with van der Waals surface area (Å²) in [5, 5.41) is 2.41. The second-order valence-electron chi connectivity index (χ2n) is 6.49. The average Bonchev–Trinajstić information content (AvgIpc) is 2.66. The number of ether oxygens (including phenoxy) is 1. The summed E-state index contributed by atoms with van der Waals surface area (Å²) in [5.41, 5.74) is -5.21. The summed E-state index contributed by atoms with van der Waals surface area (Å²) in [6.07, 6.45) is -11.9. The molecule has 2 aromatic carbocycles. The number of carbonyl (C=O) groups excluding carboxylic acids is 2. The van der Waals surface area contributed by atoms with Gasteiger partial charge < -0.3 is 15.4 Å². The number of halogens is 6.